The van der Waals surface area contributed by atoms with Crippen molar-refractivity contribution in [3.05, 3.63) is 112 Å². The number of hydrogen-bond donors (Lipinski definition) is 0. The zero-order valence-corrected chi connectivity index (χ0v) is 18.2. The number of rotatable bonds is 4. The first kappa shape index (κ1) is 18.8. The molecule has 0 amide bonds. The Labute approximate surface area is 180 Å². The van der Waals surface area contributed by atoms with Crippen LogP contribution in [0.15, 0.2) is 97.1 Å². The van der Waals surface area contributed by atoms with Crippen LogP contribution in [0.25, 0.3) is 11.1 Å². The SMILES string of the molecule is Cc1cc(I)ccc1-c1ccc(N(c2ccccc2)c2ccccc2)cc1C. The summed E-state index contributed by atoms with van der Waals surface area (Å²) in [5.74, 6) is 0. The van der Waals surface area contributed by atoms with E-state index in [1.54, 1.807) is 0 Å². The average Bonchev–Trinajstić information content (AvgIpc) is 2.71. The third-order valence-electron chi connectivity index (χ3n) is 4.98. The van der Waals surface area contributed by atoms with E-state index in [0.717, 1.165) is 11.4 Å². The normalized spacial score (nSPS) is 10.7. The van der Waals surface area contributed by atoms with Gasteiger partial charge < -0.3 is 4.90 Å². The van der Waals surface area contributed by atoms with Crippen LogP contribution in [-0.2, 0) is 0 Å². The van der Waals surface area contributed by atoms with E-state index in [4.69, 9.17) is 0 Å². The zero-order chi connectivity index (χ0) is 19.5. The minimum atomic E-state index is 1.16. The van der Waals surface area contributed by atoms with Gasteiger partial charge in [-0.15, -0.1) is 0 Å². The Morgan fingerprint density at radius 1 is 0.536 bits per heavy atom. The topological polar surface area (TPSA) is 3.24 Å². The molecular weight excluding hydrogens is 453 g/mol. The second-order valence-electron chi connectivity index (χ2n) is 6.96. The molecule has 0 spiro atoms. The van der Waals surface area contributed by atoms with Gasteiger partial charge >= 0.3 is 0 Å². The van der Waals surface area contributed by atoms with Gasteiger partial charge in [-0.25, -0.2) is 0 Å². The smallest absolute Gasteiger partial charge is 0.0464 e. The van der Waals surface area contributed by atoms with E-state index in [2.05, 4.69) is 138 Å². The predicted molar refractivity (Wildman–Crippen MR) is 129 cm³/mol. The lowest BCUT2D eigenvalue weighted by Gasteiger charge is -2.26. The summed E-state index contributed by atoms with van der Waals surface area (Å²) in [5, 5.41) is 0. The van der Waals surface area contributed by atoms with E-state index >= 15 is 0 Å². The van der Waals surface area contributed by atoms with Gasteiger partial charge in [-0.1, -0.05) is 48.5 Å². The van der Waals surface area contributed by atoms with Crippen LogP contribution < -0.4 is 4.90 Å². The molecule has 4 aromatic carbocycles. The molecule has 0 unspecified atom stereocenters. The Balaban J connectivity index is 1.81. The molecule has 0 N–H and O–H groups in total. The fourth-order valence-corrected chi connectivity index (χ4v) is 4.27. The Kier molecular flexibility index (Phi) is 5.49. The zero-order valence-electron chi connectivity index (χ0n) is 16.1. The fourth-order valence-electron chi connectivity index (χ4n) is 3.62. The molecule has 0 radical (unpaired) electrons. The van der Waals surface area contributed by atoms with Gasteiger partial charge in [0.25, 0.3) is 0 Å². The molecule has 0 aliphatic rings. The van der Waals surface area contributed by atoms with Crippen molar-refractivity contribution in [2.45, 2.75) is 13.8 Å². The monoisotopic (exact) mass is 475 g/mol. The molecule has 2 heteroatoms. The number of halogens is 1. The largest absolute Gasteiger partial charge is 0.310 e. The van der Waals surface area contributed by atoms with Crippen molar-refractivity contribution in [2.75, 3.05) is 4.90 Å². The van der Waals surface area contributed by atoms with Gasteiger partial charge in [0.1, 0.15) is 0 Å². The van der Waals surface area contributed by atoms with Crippen molar-refractivity contribution in [3.63, 3.8) is 0 Å². The van der Waals surface area contributed by atoms with E-state index in [1.165, 1.54) is 31.5 Å². The van der Waals surface area contributed by atoms with Crippen molar-refractivity contribution in [2.24, 2.45) is 0 Å². The summed E-state index contributed by atoms with van der Waals surface area (Å²) in [4.78, 5) is 2.30. The first-order valence-electron chi connectivity index (χ1n) is 9.41. The maximum Gasteiger partial charge on any atom is 0.0464 e. The predicted octanol–water partition coefficient (Wildman–Crippen LogP) is 8.04. The van der Waals surface area contributed by atoms with Gasteiger partial charge in [0.15, 0.2) is 0 Å². The second-order valence-corrected chi connectivity index (χ2v) is 8.21. The van der Waals surface area contributed by atoms with Crippen LogP contribution in [0.1, 0.15) is 11.1 Å². The summed E-state index contributed by atoms with van der Waals surface area (Å²) >= 11 is 2.37. The van der Waals surface area contributed by atoms with Crippen LogP contribution in [-0.4, -0.2) is 0 Å². The molecule has 0 aromatic heterocycles. The van der Waals surface area contributed by atoms with E-state index in [0.29, 0.717) is 0 Å². The molecule has 0 aliphatic heterocycles. The maximum atomic E-state index is 2.37. The lowest BCUT2D eigenvalue weighted by Crippen LogP contribution is -2.10. The van der Waals surface area contributed by atoms with Crippen LogP contribution in [0.4, 0.5) is 17.1 Å². The molecular formula is C26H22IN. The summed E-state index contributed by atoms with van der Waals surface area (Å²) in [6, 6.07) is 34.5. The number of nitrogens with zero attached hydrogens (tertiary/aromatic N) is 1. The van der Waals surface area contributed by atoms with Crippen molar-refractivity contribution < 1.29 is 0 Å². The lowest BCUT2D eigenvalue weighted by atomic mass is 9.96. The highest BCUT2D eigenvalue weighted by Crippen LogP contribution is 2.37. The first-order valence-corrected chi connectivity index (χ1v) is 10.5. The summed E-state index contributed by atoms with van der Waals surface area (Å²) in [7, 11) is 0. The molecule has 0 bridgehead atoms. The Bertz CT molecular complexity index is 1050. The van der Waals surface area contributed by atoms with E-state index < -0.39 is 0 Å². The van der Waals surface area contributed by atoms with Crippen molar-refractivity contribution in [1.29, 1.82) is 0 Å². The van der Waals surface area contributed by atoms with Gasteiger partial charge in [-0.05, 0) is 107 Å². The molecule has 0 heterocycles. The highest BCUT2D eigenvalue weighted by atomic mass is 127. The fraction of sp³-hybridized carbons (Fsp3) is 0.0769. The molecule has 0 saturated heterocycles. The van der Waals surface area contributed by atoms with Gasteiger partial charge in [0.05, 0.1) is 0 Å². The number of benzene rings is 4. The number of aryl methyl sites for hydroxylation is 2. The molecule has 0 aliphatic carbocycles. The first-order chi connectivity index (χ1) is 13.6. The van der Waals surface area contributed by atoms with Crippen molar-refractivity contribution >= 4 is 39.7 Å². The number of hydrogen-bond acceptors (Lipinski definition) is 1. The summed E-state index contributed by atoms with van der Waals surface area (Å²) in [6.07, 6.45) is 0. The minimum Gasteiger partial charge on any atom is -0.310 e. The number of para-hydroxylation sites is 2. The lowest BCUT2D eigenvalue weighted by molar-refractivity contribution is 1.27. The standard InChI is InChI=1S/C26H22IN/c1-19-17-21(27)13-15-25(19)26-16-14-24(18-20(26)2)28(22-9-5-3-6-10-22)23-11-7-4-8-12-23/h3-18H,1-2H3. The second kappa shape index (κ2) is 8.19. The Morgan fingerprint density at radius 3 is 1.54 bits per heavy atom. The molecule has 28 heavy (non-hydrogen) atoms. The average molecular weight is 475 g/mol. The molecule has 4 rings (SSSR count). The highest BCUT2D eigenvalue weighted by molar-refractivity contribution is 14.1. The van der Waals surface area contributed by atoms with Gasteiger partial charge in [-0.2, -0.15) is 0 Å². The minimum absolute atomic E-state index is 1.16. The van der Waals surface area contributed by atoms with Crippen molar-refractivity contribution in [3.8, 4) is 11.1 Å². The highest BCUT2D eigenvalue weighted by Gasteiger charge is 2.14. The molecule has 0 atom stereocenters. The van der Waals surface area contributed by atoms with E-state index in [-0.39, 0.29) is 0 Å². The van der Waals surface area contributed by atoms with Crippen molar-refractivity contribution in [1.82, 2.24) is 0 Å². The summed E-state index contributed by atoms with van der Waals surface area (Å²) in [5.41, 5.74) is 8.66. The molecule has 4 aromatic rings. The third-order valence-corrected chi connectivity index (χ3v) is 5.65. The van der Waals surface area contributed by atoms with E-state index in [9.17, 15) is 0 Å². The van der Waals surface area contributed by atoms with Gasteiger partial charge in [0, 0.05) is 20.6 Å². The Morgan fingerprint density at radius 2 is 1.04 bits per heavy atom. The van der Waals surface area contributed by atoms with Crippen LogP contribution in [0.5, 0.6) is 0 Å². The third kappa shape index (κ3) is 3.83. The van der Waals surface area contributed by atoms with Crippen LogP contribution in [0.2, 0.25) is 0 Å². The van der Waals surface area contributed by atoms with Gasteiger partial charge in [-0.3, -0.25) is 0 Å². The quantitative estimate of drug-likeness (QED) is 0.270. The maximum absolute atomic E-state index is 2.37. The van der Waals surface area contributed by atoms with E-state index in [1.807, 2.05) is 0 Å². The summed E-state index contributed by atoms with van der Waals surface area (Å²) < 4.78 is 1.27. The van der Waals surface area contributed by atoms with Crippen LogP contribution >= 0.6 is 22.6 Å². The van der Waals surface area contributed by atoms with Gasteiger partial charge in [0.2, 0.25) is 0 Å². The summed E-state index contributed by atoms with van der Waals surface area (Å²) in [6.45, 7) is 4.38. The molecule has 1 nitrogen and oxygen atoms in total. The molecule has 0 saturated carbocycles. The van der Waals surface area contributed by atoms with Crippen LogP contribution in [0, 0.1) is 17.4 Å². The van der Waals surface area contributed by atoms with Crippen LogP contribution in [0.3, 0.4) is 0 Å². The molecule has 0 fully saturated rings. The Hall–Kier alpha value is -2.59. The molecule has 138 valence electrons. The number of anilines is 3.